The Bertz CT molecular complexity index is 768. The van der Waals surface area contributed by atoms with Crippen molar-refractivity contribution in [3.8, 4) is 11.1 Å². The molecular formula is C23H30N2O3. The van der Waals surface area contributed by atoms with E-state index in [1.165, 1.54) is 0 Å². The number of aliphatic hydroxyl groups excluding tert-OH is 2. The summed E-state index contributed by atoms with van der Waals surface area (Å²) in [6.45, 7) is 3.73. The Labute approximate surface area is 167 Å². The molecule has 2 aromatic carbocycles. The topological polar surface area (TPSA) is 64.0 Å². The Morgan fingerprint density at radius 1 is 1.07 bits per heavy atom. The van der Waals surface area contributed by atoms with Gasteiger partial charge in [0.25, 0.3) is 5.91 Å². The number of benzene rings is 2. The van der Waals surface area contributed by atoms with Crippen molar-refractivity contribution in [1.29, 1.82) is 0 Å². The van der Waals surface area contributed by atoms with E-state index in [0.717, 1.165) is 55.7 Å². The number of amides is 1. The lowest BCUT2D eigenvalue weighted by Gasteiger charge is -2.33. The largest absolute Gasteiger partial charge is 0.395 e. The number of aliphatic hydroxyl groups is 2. The van der Waals surface area contributed by atoms with Crippen LogP contribution >= 0.6 is 0 Å². The molecule has 0 aromatic heterocycles. The van der Waals surface area contributed by atoms with Gasteiger partial charge in [-0.25, -0.2) is 0 Å². The first-order valence-corrected chi connectivity index (χ1v) is 9.99. The van der Waals surface area contributed by atoms with Crippen molar-refractivity contribution in [2.75, 3.05) is 39.8 Å². The molecule has 5 heteroatoms. The van der Waals surface area contributed by atoms with Crippen LogP contribution in [0.1, 0.15) is 28.8 Å². The second-order valence-corrected chi connectivity index (χ2v) is 7.63. The van der Waals surface area contributed by atoms with Crippen molar-refractivity contribution in [3.63, 3.8) is 0 Å². The van der Waals surface area contributed by atoms with Gasteiger partial charge in [-0.15, -0.1) is 0 Å². The van der Waals surface area contributed by atoms with Crippen molar-refractivity contribution in [2.24, 2.45) is 5.92 Å². The van der Waals surface area contributed by atoms with Gasteiger partial charge in [0.1, 0.15) is 0 Å². The van der Waals surface area contributed by atoms with Crippen LogP contribution in [0.5, 0.6) is 0 Å². The maximum Gasteiger partial charge on any atom is 0.253 e. The summed E-state index contributed by atoms with van der Waals surface area (Å²) < 4.78 is 0. The number of hydrogen-bond acceptors (Lipinski definition) is 4. The minimum atomic E-state index is 0.0303. The number of piperidine rings is 1. The van der Waals surface area contributed by atoms with Gasteiger partial charge in [0.15, 0.2) is 0 Å². The third kappa shape index (κ3) is 5.19. The van der Waals surface area contributed by atoms with E-state index in [2.05, 4.69) is 4.90 Å². The molecule has 1 aliphatic rings. The lowest BCUT2D eigenvalue weighted by atomic mass is 9.96. The SMILES string of the molecule is CN(CC1CCN(CCO)CC1)C(=O)c1cccc(-c2ccc(CO)cc2)c1. The minimum absolute atomic E-state index is 0.0303. The van der Waals surface area contributed by atoms with Crippen molar-refractivity contribution in [1.82, 2.24) is 9.80 Å². The van der Waals surface area contributed by atoms with Gasteiger partial charge in [-0.3, -0.25) is 4.79 Å². The molecular weight excluding hydrogens is 352 g/mol. The van der Waals surface area contributed by atoms with Crippen molar-refractivity contribution >= 4 is 5.91 Å². The lowest BCUT2D eigenvalue weighted by Crippen LogP contribution is -2.40. The van der Waals surface area contributed by atoms with Gasteiger partial charge in [0.05, 0.1) is 13.2 Å². The normalized spacial score (nSPS) is 15.5. The highest BCUT2D eigenvalue weighted by Gasteiger charge is 2.22. The number of carbonyl (C=O) groups is 1. The molecule has 150 valence electrons. The van der Waals surface area contributed by atoms with Crippen LogP contribution in [0.3, 0.4) is 0 Å². The molecule has 0 saturated carbocycles. The summed E-state index contributed by atoms with van der Waals surface area (Å²) in [6.07, 6.45) is 2.13. The summed E-state index contributed by atoms with van der Waals surface area (Å²) in [6, 6.07) is 15.5. The van der Waals surface area contributed by atoms with Gasteiger partial charge >= 0.3 is 0 Å². The van der Waals surface area contributed by atoms with E-state index in [-0.39, 0.29) is 19.1 Å². The highest BCUT2D eigenvalue weighted by molar-refractivity contribution is 5.95. The molecule has 2 N–H and O–H groups in total. The Morgan fingerprint density at radius 2 is 1.79 bits per heavy atom. The quantitative estimate of drug-likeness (QED) is 0.773. The van der Waals surface area contributed by atoms with E-state index in [0.29, 0.717) is 11.5 Å². The van der Waals surface area contributed by atoms with Crippen LogP contribution in [0.4, 0.5) is 0 Å². The predicted molar refractivity (Wildman–Crippen MR) is 111 cm³/mol. The monoisotopic (exact) mass is 382 g/mol. The molecule has 1 amide bonds. The molecule has 0 aliphatic carbocycles. The zero-order valence-electron chi connectivity index (χ0n) is 16.6. The number of hydrogen-bond donors (Lipinski definition) is 2. The van der Waals surface area contributed by atoms with Crippen molar-refractivity contribution < 1.29 is 15.0 Å². The summed E-state index contributed by atoms with van der Waals surface area (Å²) in [5.41, 5.74) is 3.61. The smallest absolute Gasteiger partial charge is 0.253 e. The third-order valence-electron chi connectivity index (χ3n) is 5.58. The molecule has 2 aromatic rings. The number of rotatable bonds is 7. The molecule has 28 heavy (non-hydrogen) atoms. The van der Waals surface area contributed by atoms with E-state index < -0.39 is 0 Å². The molecule has 0 radical (unpaired) electrons. The van der Waals surface area contributed by atoms with E-state index >= 15 is 0 Å². The number of β-amino-alcohol motifs (C(OH)–C–C–N with tert-alkyl or cyclic N) is 1. The van der Waals surface area contributed by atoms with E-state index in [1.807, 2.05) is 60.5 Å². The maximum absolute atomic E-state index is 12.9. The molecule has 3 rings (SSSR count). The molecule has 1 fully saturated rings. The van der Waals surface area contributed by atoms with E-state index in [9.17, 15) is 9.90 Å². The zero-order chi connectivity index (χ0) is 19.9. The first kappa shape index (κ1) is 20.5. The molecule has 1 heterocycles. The highest BCUT2D eigenvalue weighted by Crippen LogP contribution is 2.23. The van der Waals surface area contributed by atoms with Gasteiger partial charge in [0.2, 0.25) is 0 Å². The fraction of sp³-hybridized carbons (Fsp3) is 0.435. The second kappa shape index (κ2) is 9.82. The molecule has 0 bridgehead atoms. The molecule has 0 atom stereocenters. The van der Waals surface area contributed by atoms with Crippen LogP contribution in [0.15, 0.2) is 48.5 Å². The molecule has 1 aliphatic heterocycles. The van der Waals surface area contributed by atoms with Crippen LogP contribution in [0.2, 0.25) is 0 Å². The van der Waals surface area contributed by atoms with Crippen LogP contribution in [0.25, 0.3) is 11.1 Å². The standard InChI is InChI=1S/C23H30N2O3/c1-24(16-18-9-11-25(12-10-18)13-14-26)23(28)22-4-2-3-21(15-22)20-7-5-19(17-27)6-8-20/h2-8,15,18,26-27H,9-14,16-17H2,1H3. The molecule has 0 unspecified atom stereocenters. The summed E-state index contributed by atoms with van der Waals surface area (Å²) in [5, 5.41) is 18.2. The molecule has 0 spiro atoms. The fourth-order valence-electron chi connectivity index (χ4n) is 3.86. The summed E-state index contributed by atoms with van der Waals surface area (Å²) in [5.74, 6) is 0.560. The average Bonchev–Trinajstić information content (AvgIpc) is 2.75. The number of likely N-dealkylation sites (tertiary alicyclic amines) is 1. The fourth-order valence-corrected chi connectivity index (χ4v) is 3.86. The lowest BCUT2D eigenvalue weighted by molar-refractivity contribution is 0.0733. The van der Waals surface area contributed by atoms with E-state index in [1.54, 1.807) is 0 Å². The molecule has 1 saturated heterocycles. The van der Waals surface area contributed by atoms with Crippen LogP contribution in [0, 0.1) is 5.92 Å². The Balaban J connectivity index is 1.62. The Hall–Kier alpha value is -2.21. The van der Waals surface area contributed by atoms with Crippen LogP contribution < -0.4 is 0 Å². The van der Waals surface area contributed by atoms with Crippen molar-refractivity contribution in [2.45, 2.75) is 19.4 Å². The van der Waals surface area contributed by atoms with Gasteiger partial charge < -0.3 is 20.0 Å². The first-order chi connectivity index (χ1) is 13.6. The summed E-state index contributed by atoms with van der Waals surface area (Å²) in [4.78, 5) is 17.0. The van der Waals surface area contributed by atoms with Gasteiger partial charge in [-0.05, 0) is 60.7 Å². The third-order valence-corrected chi connectivity index (χ3v) is 5.58. The maximum atomic E-state index is 12.9. The summed E-state index contributed by atoms with van der Waals surface area (Å²) in [7, 11) is 1.88. The van der Waals surface area contributed by atoms with E-state index in [4.69, 9.17) is 5.11 Å². The van der Waals surface area contributed by atoms with Crippen LogP contribution in [-0.4, -0.2) is 65.8 Å². The summed E-state index contributed by atoms with van der Waals surface area (Å²) >= 11 is 0. The Kier molecular flexibility index (Phi) is 7.20. The first-order valence-electron chi connectivity index (χ1n) is 9.99. The Morgan fingerprint density at radius 3 is 2.43 bits per heavy atom. The van der Waals surface area contributed by atoms with Gasteiger partial charge in [-0.1, -0.05) is 36.4 Å². The van der Waals surface area contributed by atoms with Gasteiger partial charge in [0, 0.05) is 25.7 Å². The van der Waals surface area contributed by atoms with Crippen molar-refractivity contribution in [3.05, 3.63) is 59.7 Å². The minimum Gasteiger partial charge on any atom is -0.395 e. The average molecular weight is 383 g/mol. The number of nitrogens with zero attached hydrogens (tertiary/aromatic N) is 2. The van der Waals surface area contributed by atoms with Crippen LogP contribution in [-0.2, 0) is 6.61 Å². The van der Waals surface area contributed by atoms with Gasteiger partial charge in [-0.2, -0.15) is 0 Å². The second-order valence-electron chi connectivity index (χ2n) is 7.63. The highest BCUT2D eigenvalue weighted by atomic mass is 16.3. The zero-order valence-corrected chi connectivity index (χ0v) is 16.6. The number of carbonyl (C=O) groups excluding carboxylic acids is 1. The predicted octanol–water partition coefficient (Wildman–Crippen LogP) is 2.62. The molecule has 5 nitrogen and oxygen atoms in total.